The highest BCUT2D eigenvalue weighted by Crippen LogP contribution is 2.23. The fourth-order valence-electron chi connectivity index (χ4n) is 2.18. The Hall–Kier alpha value is -2.83. The highest BCUT2D eigenvalue weighted by molar-refractivity contribution is 5.92. The van der Waals surface area contributed by atoms with E-state index in [4.69, 9.17) is 0 Å². The van der Waals surface area contributed by atoms with Gasteiger partial charge in [0.25, 0.3) is 0 Å². The van der Waals surface area contributed by atoms with Crippen LogP contribution >= 0.6 is 0 Å². The van der Waals surface area contributed by atoms with Gasteiger partial charge < -0.3 is 10.2 Å². The average molecular weight is 333 g/mol. The monoisotopic (exact) mass is 333 g/mol. The number of para-hydroxylation sites is 1. The molecule has 24 heavy (non-hydrogen) atoms. The van der Waals surface area contributed by atoms with Crippen molar-refractivity contribution < 1.29 is 18.4 Å². The van der Waals surface area contributed by atoms with Crippen LogP contribution in [0.4, 0.5) is 14.5 Å². The number of nitrogens with one attached hydrogen (secondary N) is 1. The number of hydrogen-bond donors (Lipinski definition) is 1. The van der Waals surface area contributed by atoms with Crippen molar-refractivity contribution in [1.29, 1.82) is 0 Å². The zero-order valence-corrected chi connectivity index (χ0v) is 13.1. The number of halogens is 2. The topological polar surface area (TPSA) is 62.3 Å². The highest BCUT2D eigenvalue weighted by Gasteiger charge is 2.20. The minimum Gasteiger partial charge on any atom is -0.352 e. The predicted octanol–water partition coefficient (Wildman–Crippen LogP) is 2.42. The molecule has 7 heteroatoms. The van der Waals surface area contributed by atoms with E-state index in [-0.39, 0.29) is 18.9 Å². The molecule has 0 fully saturated rings. The van der Waals surface area contributed by atoms with E-state index in [1.165, 1.54) is 13.0 Å². The van der Waals surface area contributed by atoms with Crippen molar-refractivity contribution in [1.82, 2.24) is 10.3 Å². The van der Waals surface area contributed by atoms with Gasteiger partial charge in [0.2, 0.25) is 11.8 Å². The van der Waals surface area contributed by atoms with Crippen molar-refractivity contribution in [2.24, 2.45) is 0 Å². The minimum atomic E-state index is -0.845. The number of benzene rings is 1. The van der Waals surface area contributed by atoms with E-state index < -0.39 is 23.2 Å². The molecule has 0 saturated heterocycles. The first-order valence-electron chi connectivity index (χ1n) is 7.36. The first-order valence-corrected chi connectivity index (χ1v) is 7.36. The Morgan fingerprint density at radius 3 is 2.33 bits per heavy atom. The number of carbonyl (C=O) groups excluding carboxylic acids is 2. The fourth-order valence-corrected chi connectivity index (χ4v) is 2.18. The summed E-state index contributed by atoms with van der Waals surface area (Å²) in [5.41, 5.74) is 0.439. The van der Waals surface area contributed by atoms with Gasteiger partial charge in [0.05, 0.1) is 0 Å². The molecular weight excluding hydrogens is 316 g/mol. The maximum absolute atomic E-state index is 13.8. The van der Waals surface area contributed by atoms with Crippen LogP contribution in [-0.4, -0.2) is 23.3 Å². The number of carbonyl (C=O) groups is 2. The summed E-state index contributed by atoms with van der Waals surface area (Å²) >= 11 is 0. The van der Waals surface area contributed by atoms with E-state index in [1.54, 1.807) is 24.5 Å². The largest absolute Gasteiger partial charge is 0.352 e. The highest BCUT2D eigenvalue weighted by atomic mass is 19.1. The molecule has 1 aromatic carbocycles. The lowest BCUT2D eigenvalue weighted by atomic mass is 10.2. The lowest BCUT2D eigenvalue weighted by Gasteiger charge is -2.22. The predicted molar refractivity (Wildman–Crippen MR) is 85.1 cm³/mol. The second kappa shape index (κ2) is 8.14. The number of nitrogens with zero attached hydrogens (tertiary/aromatic N) is 2. The average Bonchev–Trinajstić information content (AvgIpc) is 2.56. The summed E-state index contributed by atoms with van der Waals surface area (Å²) in [5, 5.41) is 2.68. The van der Waals surface area contributed by atoms with Crippen molar-refractivity contribution >= 4 is 17.5 Å². The van der Waals surface area contributed by atoms with Gasteiger partial charge in [0.15, 0.2) is 0 Å². The molecule has 2 rings (SSSR count). The summed E-state index contributed by atoms with van der Waals surface area (Å²) in [6, 6.07) is 6.87. The van der Waals surface area contributed by atoms with Gasteiger partial charge in [-0.1, -0.05) is 6.07 Å². The first kappa shape index (κ1) is 17.5. The van der Waals surface area contributed by atoms with Crippen LogP contribution in [0.5, 0.6) is 0 Å². The molecule has 1 N–H and O–H groups in total. The third-order valence-electron chi connectivity index (χ3n) is 3.39. The van der Waals surface area contributed by atoms with Gasteiger partial charge in [-0.2, -0.15) is 0 Å². The first-order chi connectivity index (χ1) is 11.5. The van der Waals surface area contributed by atoms with Gasteiger partial charge in [-0.05, 0) is 29.8 Å². The molecular formula is C17H17F2N3O2. The van der Waals surface area contributed by atoms with Gasteiger partial charge in [-0.3, -0.25) is 14.6 Å². The fraction of sp³-hybridized carbons (Fsp3) is 0.235. The maximum atomic E-state index is 13.8. The number of rotatable bonds is 6. The van der Waals surface area contributed by atoms with Crippen molar-refractivity contribution in [2.75, 3.05) is 11.4 Å². The zero-order chi connectivity index (χ0) is 17.5. The van der Waals surface area contributed by atoms with Crippen LogP contribution in [0.2, 0.25) is 0 Å². The van der Waals surface area contributed by atoms with Crippen molar-refractivity contribution in [3.8, 4) is 0 Å². The third-order valence-corrected chi connectivity index (χ3v) is 3.39. The Morgan fingerprint density at radius 1 is 1.12 bits per heavy atom. The van der Waals surface area contributed by atoms with Gasteiger partial charge >= 0.3 is 0 Å². The third kappa shape index (κ3) is 4.58. The quantitative estimate of drug-likeness (QED) is 0.883. The van der Waals surface area contributed by atoms with E-state index in [9.17, 15) is 18.4 Å². The molecule has 0 radical (unpaired) electrons. The summed E-state index contributed by atoms with van der Waals surface area (Å²) < 4.78 is 27.6. The molecule has 126 valence electrons. The molecule has 0 spiro atoms. The summed E-state index contributed by atoms with van der Waals surface area (Å²) in [6.07, 6.45) is 3.15. The summed E-state index contributed by atoms with van der Waals surface area (Å²) in [5.74, 6) is -2.56. The smallest absolute Gasteiger partial charge is 0.224 e. The van der Waals surface area contributed by atoms with Gasteiger partial charge in [0.1, 0.15) is 17.3 Å². The molecule has 0 aliphatic heterocycles. The number of aromatic nitrogens is 1. The summed E-state index contributed by atoms with van der Waals surface area (Å²) in [4.78, 5) is 28.4. The van der Waals surface area contributed by atoms with Gasteiger partial charge in [-0.15, -0.1) is 0 Å². The Bertz CT molecular complexity index is 703. The lowest BCUT2D eigenvalue weighted by molar-refractivity contribution is -0.121. The van der Waals surface area contributed by atoms with Crippen molar-refractivity contribution in [3.63, 3.8) is 0 Å². The Morgan fingerprint density at radius 2 is 1.75 bits per heavy atom. The zero-order valence-electron chi connectivity index (χ0n) is 13.1. The Balaban J connectivity index is 1.97. The number of pyridine rings is 1. The van der Waals surface area contributed by atoms with Crippen LogP contribution in [-0.2, 0) is 16.1 Å². The second-order valence-electron chi connectivity index (χ2n) is 5.12. The molecule has 2 amide bonds. The molecule has 0 aliphatic carbocycles. The van der Waals surface area contributed by atoms with Crippen LogP contribution < -0.4 is 10.2 Å². The lowest BCUT2D eigenvalue weighted by Crippen LogP contribution is -2.34. The van der Waals surface area contributed by atoms with Crippen LogP contribution in [0.15, 0.2) is 42.7 Å². The molecule has 0 aliphatic rings. The molecule has 2 aromatic rings. The molecule has 0 atom stereocenters. The van der Waals surface area contributed by atoms with Crippen molar-refractivity contribution in [2.45, 2.75) is 19.9 Å². The Labute approximate surface area is 138 Å². The van der Waals surface area contributed by atoms with Gasteiger partial charge in [0, 0.05) is 38.8 Å². The molecule has 1 aromatic heterocycles. The molecule has 0 bridgehead atoms. The summed E-state index contributed by atoms with van der Waals surface area (Å²) in [6.45, 7) is 1.39. The van der Waals surface area contributed by atoms with Crippen LogP contribution in [0, 0.1) is 11.6 Å². The molecule has 0 saturated carbocycles. The minimum absolute atomic E-state index is 0.0710. The molecule has 1 heterocycles. The van der Waals surface area contributed by atoms with Crippen LogP contribution in [0.1, 0.15) is 18.9 Å². The normalized spacial score (nSPS) is 10.3. The molecule has 5 nitrogen and oxygen atoms in total. The van der Waals surface area contributed by atoms with Crippen LogP contribution in [0.3, 0.4) is 0 Å². The number of amides is 2. The number of anilines is 1. The Kier molecular flexibility index (Phi) is 5.95. The second-order valence-corrected chi connectivity index (χ2v) is 5.12. The van der Waals surface area contributed by atoms with E-state index in [1.807, 2.05) is 0 Å². The summed E-state index contributed by atoms with van der Waals surface area (Å²) in [7, 11) is 0. The van der Waals surface area contributed by atoms with E-state index in [0.717, 1.165) is 22.6 Å². The van der Waals surface area contributed by atoms with E-state index in [2.05, 4.69) is 10.3 Å². The number of hydrogen-bond acceptors (Lipinski definition) is 3. The standard InChI is InChI=1S/C17H17F2N3O2/c1-12(23)22(17-14(18)3-2-4-15(17)19)10-7-16(24)21-11-13-5-8-20-9-6-13/h2-6,8-9H,7,10-11H2,1H3,(H,21,24). The molecule has 0 unspecified atom stereocenters. The van der Waals surface area contributed by atoms with Gasteiger partial charge in [-0.25, -0.2) is 8.78 Å². The van der Waals surface area contributed by atoms with Crippen LogP contribution in [0.25, 0.3) is 0 Å². The van der Waals surface area contributed by atoms with Crippen molar-refractivity contribution in [3.05, 3.63) is 59.9 Å². The maximum Gasteiger partial charge on any atom is 0.224 e. The SMILES string of the molecule is CC(=O)N(CCC(=O)NCc1ccncc1)c1c(F)cccc1F. The van der Waals surface area contributed by atoms with E-state index >= 15 is 0 Å². The van der Waals surface area contributed by atoms with E-state index in [0.29, 0.717) is 6.54 Å².